The summed E-state index contributed by atoms with van der Waals surface area (Å²) >= 11 is 1.66. The minimum Gasteiger partial charge on any atom is -0.364 e. The van der Waals surface area contributed by atoms with Crippen LogP contribution in [-0.4, -0.2) is 56.2 Å². The Hall–Kier alpha value is -2.97. The molecule has 1 aromatic carbocycles. The predicted octanol–water partition coefficient (Wildman–Crippen LogP) is 4.39. The van der Waals surface area contributed by atoms with Crippen molar-refractivity contribution in [1.82, 2.24) is 24.5 Å². The Morgan fingerprint density at radius 3 is 2.41 bits per heavy atom. The molecule has 5 rings (SSSR count). The van der Waals surface area contributed by atoms with E-state index in [4.69, 9.17) is 10.1 Å². The molecule has 0 bridgehead atoms. The van der Waals surface area contributed by atoms with E-state index in [0.717, 1.165) is 65.6 Å². The third-order valence-electron chi connectivity index (χ3n) is 5.49. The first-order valence-electron chi connectivity index (χ1n) is 11.1. The van der Waals surface area contributed by atoms with Crippen LogP contribution in [0.4, 0.5) is 10.9 Å². The summed E-state index contributed by atoms with van der Waals surface area (Å²) in [4.78, 5) is 15.2. The molecule has 1 N–H and O–H groups in total. The van der Waals surface area contributed by atoms with Crippen molar-refractivity contribution in [3.8, 4) is 11.3 Å². The molecule has 4 aromatic rings. The SMILES string of the molecule is CC(C)(C)Nc1c(-c2ccccc2)nc2sc(N3CCN(Cc4ccccn4)CC3)nn12. The number of nitrogens with one attached hydrogen (secondary N) is 1. The van der Waals surface area contributed by atoms with Crippen molar-refractivity contribution in [2.45, 2.75) is 32.9 Å². The summed E-state index contributed by atoms with van der Waals surface area (Å²) in [5.74, 6) is 0.954. The van der Waals surface area contributed by atoms with Crippen LogP contribution in [0.3, 0.4) is 0 Å². The smallest absolute Gasteiger partial charge is 0.216 e. The minimum atomic E-state index is -0.0969. The lowest BCUT2D eigenvalue weighted by Crippen LogP contribution is -2.46. The van der Waals surface area contributed by atoms with Gasteiger partial charge in [0.2, 0.25) is 10.1 Å². The van der Waals surface area contributed by atoms with E-state index in [2.05, 4.69) is 65.1 Å². The van der Waals surface area contributed by atoms with Crippen molar-refractivity contribution in [2.75, 3.05) is 36.4 Å². The van der Waals surface area contributed by atoms with Crippen LogP contribution in [0.25, 0.3) is 16.2 Å². The fourth-order valence-corrected chi connectivity index (χ4v) is 4.90. The van der Waals surface area contributed by atoms with Crippen molar-refractivity contribution >= 4 is 27.2 Å². The Bertz CT molecular complexity index is 1170. The molecular weight excluding hydrogens is 418 g/mol. The van der Waals surface area contributed by atoms with Crippen LogP contribution in [0.5, 0.6) is 0 Å². The van der Waals surface area contributed by atoms with E-state index in [1.807, 2.05) is 35.0 Å². The van der Waals surface area contributed by atoms with Gasteiger partial charge in [-0.1, -0.05) is 47.7 Å². The van der Waals surface area contributed by atoms with E-state index < -0.39 is 0 Å². The molecule has 0 amide bonds. The highest BCUT2D eigenvalue weighted by Crippen LogP contribution is 2.34. The summed E-state index contributed by atoms with van der Waals surface area (Å²) < 4.78 is 1.98. The lowest BCUT2D eigenvalue weighted by atomic mass is 10.1. The molecule has 1 aliphatic heterocycles. The van der Waals surface area contributed by atoms with Gasteiger partial charge in [-0.3, -0.25) is 9.88 Å². The van der Waals surface area contributed by atoms with E-state index in [0.29, 0.717) is 0 Å². The van der Waals surface area contributed by atoms with Gasteiger partial charge >= 0.3 is 0 Å². The molecule has 4 heterocycles. The summed E-state index contributed by atoms with van der Waals surface area (Å²) in [6, 6.07) is 16.4. The van der Waals surface area contributed by atoms with Gasteiger partial charge in [-0.05, 0) is 32.9 Å². The lowest BCUT2D eigenvalue weighted by molar-refractivity contribution is 0.247. The number of hydrogen-bond donors (Lipinski definition) is 1. The number of piperazine rings is 1. The Morgan fingerprint density at radius 1 is 0.969 bits per heavy atom. The number of nitrogens with zero attached hydrogens (tertiary/aromatic N) is 6. The molecule has 32 heavy (non-hydrogen) atoms. The molecule has 0 saturated carbocycles. The third kappa shape index (κ3) is 4.47. The van der Waals surface area contributed by atoms with Crippen LogP contribution in [0.1, 0.15) is 26.5 Å². The number of rotatable bonds is 5. The molecule has 0 aliphatic carbocycles. The summed E-state index contributed by atoms with van der Waals surface area (Å²) in [6.07, 6.45) is 1.86. The zero-order valence-corrected chi connectivity index (χ0v) is 19.6. The molecule has 0 radical (unpaired) electrons. The van der Waals surface area contributed by atoms with Crippen LogP contribution in [-0.2, 0) is 6.54 Å². The summed E-state index contributed by atoms with van der Waals surface area (Å²) in [5, 5.41) is 9.64. The predicted molar refractivity (Wildman–Crippen MR) is 131 cm³/mol. The van der Waals surface area contributed by atoms with Crippen molar-refractivity contribution in [3.05, 3.63) is 60.4 Å². The molecule has 7 nitrogen and oxygen atoms in total. The molecule has 0 unspecified atom stereocenters. The topological polar surface area (TPSA) is 61.6 Å². The van der Waals surface area contributed by atoms with E-state index in [1.54, 1.807) is 11.3 Å². The number of anilines is 2. The van der Waals surface area contributed by atoms with Crippen LogP contribution >= 0.6 is 11.3 Å². The minimum absolute atomic E-state index is 0.0969. The summed E-state index contributed by atoms with van der Waals surface area (Å²) in [5.41, 5.74) is 3.08. The lowest BCUT2D eigenvalue weighted by Gasteiger charge is -2.34. The fourth-order valence-electron chi connectivity index (χ4n) is 3.95. The van der Waals surface area contributed by atoms with E-state index in [9.17, 15) is 0 Å². The Balaban J connectivity index is 1.37. The maximum atomic E-state index is 4.98. The van der Waals surface area contributed by atoms with Crippen molar-refractivity contribution in [1.29, 1.82) is 0 Å². The van der Waals surface area contributed by atoms with Gasteiger partial charge in [0.15, 0.2) is 5.82 Å². The van der Waals surface area contributed by atoms with Gasteiger partial charge in [-0.25, -0.2) is 4.98 Å². The number of benzene rings is 1. The number of hydrogen-bond acceptors (Lipinski definition) is 7. The molecule has 3 aromatic heterocycles. The molecule has 1 fully saturated rings. The van der Waals surface area contributed by atoms with Gasteiger partial charge in [0.05, 0.1) is 5.69 Å². The highest BCUT2D eigenvalue weighted by Gasteiger charge is 2.25. The second-order valence-electron chi connectivity index (χ2n) is 9.21. The van der Waals surface area contributed by atoms with E-state index in [1.165, 1.54) is 0 Å². The molecule has 0 spiro atoms. The van der Waals surface area contributed by atoms with Crippen LogP contribution in [0.15, 0.2) is 54.7 Å². The third-order valence-corrected chi connectivity index (χ3v) is 6.46. The largest absolute Gasteiger partial charge is 0.364 e. The van der Waals surface area contributed by atoms with Crippen LogP contribution in [0, 0.1) is 0 Å². The molecule has 166 valence electrons. The quantitative estimate of drug-likeness (QED) is 0.490. The molecule has 1 saturated heterocycles. The van der Waals surface area contributed by atoms with Gasteiger partial charge in [0.1, 0.15) is 5.69 Å². The maximum absolute atomic E-state index is 4.98. The van der Waals surface area contributed by atoms with Crippen LogP contribution in [0.2, 0.25) is 0 Å². The molecular formula is C24H29N7S. The van der Waals surface area contributed by atoms with Gasteiger partial charge < -0.3 is 10.2 Å². The second-order valence-corrected chi connectivity index (χ2v) is 10.1. The number of pyridine rings is 1. The van der Waals surface area contributed by atoms with Gasteiger partial charge in [0, 0.05) is 50.0 Å². The Morgan fingerprint density at radius 2 is 1.72 bits per heavy atom. The monoisotopic (exact) mass is 447 g/mol. The van der Waals surface area contributed by atoms with E-state index >= 15 is 0 Å². The van der Waals surface area contributed by atoms with E-state index in [-0.39, 0.29) is 5.54 Å². The normalized spacial score (nSPS) is 15.4. The van der Waals surface area contributed by atoms with Crippen LogP contribution < -0.4 is 10.2 Å². The number of aromatic nitrogens is 4. The molecule has 0 atom stereocenters. The first kappa shape index (κ1) is 20.9. The van der Waals surface area contributed by atoms with Gasteiger partial charge in [-0.15, -0.1) is 5.10 Å². The zero-order chi connectivity index (χ0) is 22.1. The molecule has 1 aliphatic rings. The fraction of sp³-hybridized carbons (Fsp3) is 0.375. The first-order valence-corrected chi connectivity index (χ1v) is 11.9. The van der Waals surface area contributed by atoms with Gasteiger partial charge in [0.25, 0.3) is 0 Å². The summed E-state index contributed by atoms with van der Waals surface area (Å²) in [6.45, 7) is 11.3. The summed E-state index contributed by atoms with van der Waals surface area (Å²) in [7, 11) is 0. The Labute approximate surface area is 192 Å². The van der Waals surface area contributed by atoms with Crippen molar-refractivity contribution < 1.29 is 0 Å². The van der Waals surface area contributed by atoms with Crippen molar-refractivity contribution in [3.63, 3.8) is 0 Å². The number of fused-ring (bicyclic) bond motifs is 1. The second kappa shape index (κ2) is 8.52. The Kier molecular flexibility index (Phi) is 5.57. The van der Waals surface area contributed by atoms with Gasteiger partial charge in [-0.2, -0.15) is 4.52 Å². The first-order chi connectivity index (χ1) is 15.5. The molecule has 8 heteroatoms. The zero-order valence-electron chi connectivity index (χ0n) is 18.8. The average Bonchev–Trinajstić information content (AvgIpc) is 3.34. The van der Waals surface area contributed by atoms with Crippen molar-refractivity contribution in [2.24, 2.45) is 0 Å². The highest BCUT2D eigenvalue weighted by molar-refractivity contribution is 7.20. The number of imidazole rings is 1. The maximum Gasteiger partial charge on any atom is 0.216 e. The standard InChI is InChI=1S/C24H29N7S/c1-24(2,3)27-21-20(18-9-5-4-6-10-18)26-22-31(21)28-23(32-22)30-15-13-29(14-16-30)17-19-11-7-8-12-25-19/h4-12,27H,13-17H2,1-3H3. The average molecular weight is 448 g/mol. The highest BCUT2D eigenvalue weighted by atomic mass is 32.1.